The number of amides is 3. The van der Waals surface area contributed by atoms with Crippen molar-refractivity contribution in [1.82, 2.24) is 35.0 Å². The standard InChI is InChI=1S/C46H58N10O7/c1-7-30-25-33-34(46(5,6)41-39(40(33)58)32-13-12-29(27-47)24-36(32)50-41)26-37(30)53-22-20-52(21-23-53)16-9-11-38(57)55-18-14-31(28-55)49-42(59)35(51-44(60)63-45(2,3)4)10-8-17-54-19-15-48-43(54)56(61)62/h12-13,15,19,24-26,31,35,50H,7-11,14,16-18,20-23,28H2,1-6H3,(H,49,59)(H,51,60)/t31-,35+/m1/s1. The number of benzene rings is 2. The zero-order chi connectivity index (χ0) is 45.2. The van der Waals surface area contributed by atoms with Crippen molar-refractivity contribution in [3.63, 3.8) is 0 Å². The van der Waals surface area contributed by atoms with Crippen LogP contribution in [-0.4, -0.2) is 116 Å². The summed E-state index contributed by atoms with van der Waals surface area (Å²) in [6.45, 7) is 16.9. The lowest BCUT2D eigenvalue weighted by molar-refractivity contribution is -0.396. The van der Waals surface area contributed by atoms with Crippen molar-refractivity contribution >= 4 is 46.2 Å². The van der Waals surface area contributed by atoms with Gasteiger partial charge in [-0.1, -0.05) is 31.8 Å². The largest absolute Gasteiger partial charge is 0.444 e. The molecular formula is C46H58N10O7. The number of likely N-dealkylation sites (tertiary alicyclic amines) is 1. The van der Waals surface area contributed by atoms with E-state index in [0.29, 0.717) is 49.9 Å². The van der Waals surface area contributed by atoms with E-state index in [1.165, 1.54) is 17.0 Å². The molecule has 2 saturated heterocycles. The van der Waals surface area contributed by atoms with Crippen molar-refractivity contribution in [3.8, 4) is 6.07 Å². The molecule has 0 unspecified atom stereocenters. The van der Waals surface area contributed by atoms with E-state index in [1.807, 2.05) is 12.1 Å². The molecule has 2 aromatic heterocycles. The van der Waals surface area contributed by atoms with Gasteiger partial charge in [0.2, 0.25) is 11.8 Å². The van der Waals surface area contributed by atoms with Gasteiger partial charge in [0.1, 0.15) is 24.0 Å². The van der Waals surface area contributed by atoms with Crippen LogP contribution in [0.3, 0.4) is 0 Å². The zero-order valence-corrected chi connectivity index (χ0v) is 37.1. The van der Waals surface area contributed by atoms with Crippen molar-refractivity contribution in [2.75, 3.05) is 50.7 Å². The summed E-state index contributed by atoms with van der Waals surface area (Å²) in [5.74, 6) is -0.649. The lowest BCUT2D eigenvalue weighted by Crippen LogP contribution is -2.51. The number of carbonyl (C=O) groups excluding carboxylic acids is 4. The highest BCUT2D eigenvalue weighted by molar-refractivity contribution is 6.20. The average Bonchev–Trinajstić information content (AvgIpc) is 4.01. The first-order valence-electron chi connectivity index (χ1n) is 22.0. The fourth-order valence-corrected chi connectivity index (χ4v) is 9.22. The van der Waals surface area contributed by atoms with Gasteiger partial charge in [-0.3, -0.25) is 19.3 Å². The lowest BCUT2D eigenvalue weighted by Gasteiger charge is -2.39. The van der Waals surface area contributed by atoms with Crippen molar-refractivity contribution < 1.29 is 28.8 Å². The van der Waals surface area contributed by atoms with Crippen LogP contribution in [0.4, 0.5) is 16.4 Å². The van der Waals surface area contributed by atoms with Gasteiger partial charge in [0.15, 0.2) is 5.78 Å². The van der Waals surface area contributed by atoms with Crippen LogP contribution < -0.4 is 15.5 Å². The highest BCUT2D eigenvalue weighted by atomic mass is 16.6. The van der Waals surface area contributed by atoms with Crippen LogP contribution in [0.1, 0.15) is 112 Å². The Kier molecular flexibility index (Phi) is 12.9. The van der Waals surface area contributed by atoms with Crippen molar-refractivity contribution in [2.45, 2.75) is 110 Å². The minimum absolute atomic E-state index is 0.0117. The fraction of sp³-hybridized carbons (Fsp3) is 0.522. The summed E-state index contributed by atoms with van der Waals surface area (Å²) in [4.78, 5) is 78.2. The number of hydrogen-bond acceptors (Lipinski definition) is 11. The smallest absolute Gasteiger partial charge is 0.434 e. The Labute approximate surface area is 367 Å². The second kappa shape index (κ2) is 18.2. The quantitative estimate of drug-likeness (QED) is 0.105. The molecule has 63 heavy (non-hydrogen) atoms. The number of nitriles is 1. The van der Waals surface area contributed by atoms with Crippen LogP contribution in [0.15, 0.2) is 42.7 Å². The van der Waals surface area contributed by atoms with Crippen LogP contribution in [0, 0.1) is 21.4 Å². The third-order valence-corrected chi connectivity index (χ3v) is 12.5. The summed E-state index contributed by atoms with van der Waals surface area (Å²) in [5, 5.41) is 27.3. The molecule has 0 radical (unpaired) electrons. The number of imidazole rings is 1. The van der Waals surface area contributed by atoms with Crippen molar-refractivity contribution in [3.05, 3.63) is 86.4 Å². The van der Waals surface area contributed by atoms with E-state index in [9.17, 15) is 34.6 Å². The van der Waals surface area contributed by atoms with Crippen LogP contribution in [0.25, 0.3) is 10.9 Å². The minimum atomic E-state index is -0.946. The summed E-state index contributed by atoms with van der Waals surface area (Å²) >= 11 is 0. The number of aryl methyl sites for hydroxylation is 2. The number of anilines is 1. The number of ether oxygens (including phenoxy) is 1. The zero-order valence-electron chi connectivity index (χ0n) is 37.1. The van der Waals surface area contributed by atoms with Crippen molar-refractivity contribution in [2.24, 2.45) is 0 Å². The molecule has 0 bridgehead atoms. The number of hydrogen-bond donors (Lipinski definition) is 3. The van der Waals surface area contributed by atoms with Crippen LogP contribution in [0.5, 0.6) is 0 Å². The number of carbonyl (C=O) groups is 4. The number of ketones is 1. The van der Waals surface area contributed by atoms with Gasteiger partial charge in [-0.25, -0.2) is 9.36 Å². The SMILES string of the molecule is CCc1cc2c(cc1N1CCN(CCCC(=O)N3CC[C@@H](NC(=O)[C@H](CCCn4ccnc4[N+](=O)[O-])NC(=O)OC(C)(C)C)C3)CC1)C(C)(C)c1[nH]c3cc(C#N)ccc3c1C2=O. The Hall–Kier alpha value is -6.28. The van der Waals surface area contributed by atoms with Gasteiger partial charge in [0.05, 0.1) is 23.7 Å². The predicted octanol–water partition coefficient (Wildman–Crippen LogP) is 5.57. The van der Waals surface area contributed by atoms with Crippen LogP contribution in [-0.2, 0) is 32.7 Å². The maximum Gasteiger partial charge on any atom is 0.434 e. The summed E-state index contributed by atoms with van der Waals surface area (Å²) in [5.41, 5.74) is 5.71. The molecule has 2 fully saturated rings. The molecule has 17 nitrogen and oxygen atoms in total. The van der Waals surface area contributed by atoms with E-state index in [1.54, 1.807) is 31.7 Å². The summed E-state index contributed by atoms with van der Waals surface area (Å²) < 4.78 is 6.79. The Balaban J connectivity index is 0.894. The van der Waals surface area contributed by atoms with Gasteiger partial charge in [-0.15, -0.1) is 0 Å². The van der Waals surface area contributed by atoms with Crippen LogP contribution in [0.2, 0.25) is 0 Å². The Morgan fingerprint density at radius 1 is 1.10 bits per heavy atom. The molecule has 7 rings (SSSR count). The summed E-state index contributed by atoms with van der Waals surface area (Å²) in [6, 6.07) is 10.7. The number of aromatic amines is 1. The van der Waals surface area contributed by atoms with Gasteiger partial charge in [-0.2, -0.15) is 5.26 Å². The maximum absolute atomic E-state index is 14.1. The number of rotatable bonds is 14. The number of fused-ring (bicyclic) bond motifs is 4. The number of alkyl carbamates (subject to hydrolysis) is 1. The van der Waals surface area contributed by atoms with E-state index in [2.05, 4.69) is 69.4 Å². The summed E-state index contributed by atoms with van der Waals surface area (Å²) in [6.07, 6.45) is 5.13. The van der Waals surface area contributed by atoms with Gasteiger partial charge in [0, 0.05) is 85.0 Å². The average molecular weight is 863 g/mol. The molecule has 3 amide bonds. The van der Waals surface area contributed by atoms with E-state index >= 15 is 0 Å². The molecule has 2 aliphatic heterocycles. The molecule has 1 aliphatic carbocycles. The first-order chi connectivity index (χ1) is 30.0. The molecule has 2 atom stereocenters. The molecule has 334 valence electrons. The fourth-order valence-electron chi connectivity index (χ4n) is 9.22. The topological polar surface area (TPSA) is 212 Å². The number of piperazine rings is 1. The second-order valence-corrected chi connectivity index (χ2v) is 18.4. The highest BCUT2D eigenvalue weighted by Gasteiger charge is 2.41. The molecule has 4 heterocycles. The van der Waals surface area contributed by atoms with Gasteiger partial charge < -0.3 is 40.3 Å². The molecule has 3 aliphatic rings. The third-order valence-electron chi connectivity index (χ3n) is 12.5. The number of nitrogens with zero attached hydrogens (tertiary/aromatic N) is 7. The van der Waals surface area contributed by atoms with E-state index < -0.39 is 34.0 Å². The predicted molar refractivity (Wildman–Crippen MR) is 237 cm³/mol. The Morgan fingerprint density at radius 2 is 1.86 bits per heavy atom. The molecule has 0 spiro atoms. The highest BCUT2D eigenvalue weighted by Crippen LogP contribution is 2.46. The molecular weight excluding hydrogens is 805 g/mol. The normalized spacial score (nSPS) is 17.8. The second-order valence-electron chi connectivity index (χ2n) is 18.4. The number of H-pyrrole nitrogens is 1. The molecule has 17 heteroatoms. The van der Waals surface area contributed by atoms with Crippen molar-refractivity contribution in [1.29, 1.82) is 5.26 Å². The monoisotopic (exact) mass is 862 g/mol. The molecule has 2 aromatic carbocycles. The van der Waals surface area contributed by atoms with E-state index in [-0.39, 0.29) is 36.6 Å². The first-order valence-corrected chi connectivity index (χ1v) is 22.0. The number of nitro groups is 1. The minimum Gasteiger partial charge on any atom is -0.444 e. The van der Waals surface area contributed by atoms with E-state index in [4.69, 9.17) is 4.74 Å². The number of aromatic nitrogens is 3. The first kappa shape index (κ1) is 44.8. The van der Waals surface area contributed by atoms with E-state index in [0.717, 1.165) is 78.1 Å². The van der Waals surface area contributed by atoms with Crippen LogP contribution >= 0.6 is 0 Å². The van der Waals surface area contributed by atoms with Gasteiger partial charge in [0.25, 0.3) is 0 Å². The summed E-state index contributed by atoms with van der Waals surface area (Å²) in [7, 11) is 0. The molecule has 4 aromatic rings. The Bertz CT molecular complexity index is 2450. The maximum atomic E-state index is 14.1. The Morgan fingerprint density at radius 3 is 2.56 bits per heavy atom. The third kappa shape index (κ3) is 9.70. The molecule has 0 saturated carbocycles. The lowest BCUT2D eigenvalue weighted by atomic mass is 9.70. The van der Waals surface area contributed by atoms with Gasteiger partial charge in [-0.05, 0) is 99.7 Å². The van der Waals surface area contributed by atoms with Gasteiger partial charge >= 0.3 is 12.0 Å². The number of nitrogens with one attached hydrogen (secondary N) is 3. The molecule has 3 N–H and O–H groups in total.